The molecule has 27 heavy (non-hydrogen) atoms. The molecule has 4 rings (SSSR count). The first-order valence-corrected chi connectivity index (χ1v) is 9.38. The van der Waals surface area contributed by atoms with Crippen LogP contribution in [0.4, 0.5) is 0 Å². The molecule has 0 bridgehead atoms. The van der Waals surface area contributed by atoms with Gasteiger partial charge in [-0.3, -0.25) is 9.78 Å². The Kier molecular flexibility index (Phi) is 4.88. The summed E-state index contributed by atoms with van der Waals surface area (Å²) in [5.74, 6) is 0.820. The predicted molar refractivity (Wildman–Crippen MR) is 102 cm³/mol. The van der Waals surface area contributed by atoms with Gasteiger partial charge >= 0.3 is 0 Å². The van der Waals surface area contributed by atoms with Crippen molar-refractivity contribution >= 4 is 27.5 Å². The Labute approximate surface area is 159 Å². The fraction of sp³-hybridized carbons (Fsp3) is 0.211. The molecular weight excluding hydrogens is 362 g/mol. The second kappa shape index (κ2) is 7.63. The number of aromatic nitrogens is 4. The van der Waals surface area contributed by atoms with Crippen LogP contribution in [0.1, 0.15) is 30.3 Å². The maximum atomic E-state index is 12.3. The first-order valence-electron chi connectivity index (χ1n) is 8.57. The lowest BCUT2D eigenvalue weighted by atomic mass is 10.2. The molecule has 0 fully saturated rings. The molecular formula is C19H17N5O2S. The van der Waals surface area contributed by atoms with Crippen molar-refractivity contribution in [2.24, 2.45) is 0 Å². The number of benzene rings is 1. The zero-order valence-electron chi connectivity index (χ0n) is 14.6. The summed E-state index contributed by atoms with van der Waals surface area (Å²) in [5, 5.41) is 7.80. The third-order valence-electron chi connectivity index (χ3n) is 4.01. The summed E-state index contributed by atoms with van der Waals surface area (Å²) in [6.45, 7) is 1.93. The lowest BCUT2D eigenvalue weighted by molar-refractivity contribution is -0.121. The average Bonchev–Trinajstić information content (AvgIpc) is 3.34. The highest BCUT2D eigenvalue weighted by atomic mass is 32.1. The highest BCUT2D eigenvalue weighted by Gasteiger charge is 2.15. The van der Waals surface area contributed by atoms with Crippen LogP contribution in [0.15, 0.2) is 53.3 Å². The summed E-state index contributed by atoms with van der Waals surface area (Å²) in [4.78, 5) is 25.2. The number of carbonyl (C=O) groups excluding carboxylic acids is 1. The van der Waals surface area contributed by atoms with Crippen molar-refractivity contribution in [3.8, 4) is 11.4 Å². The molecule has 1 atom stereocenters. The van der Waals surface area contributed by atoms with E-state index in [0.717, 1.165) is 20.8 Å². The smallest absolute Gasteiger partial charge is 0.227 e. The third-order valence-corrected chi connectivity index (χ3v) is 5.23. The normalized spacial score (nSPS) is 12.2. The van der Waals surface area contributed by atoms with Crippen LogP contribution in [0.25, 0.3) is 21.6 Å². The van der Waals surface area contributed by atoms with Crippen LogP contribution in [0, 0.1) is 0 Å². The van der Waals surface area contributed by atoms with Gasteiger partial charge in [-0.25, -0.2) is 4.98 Å². The minimum Gasteiger partial charge on any atom is -0.347 e. The number of fused-ring (bicyclic) bond motifs is 1. The average molecular weight is 379 g/mol. The number of amides is 1. The molecule has 0 saturated carbocycles. The van der Waals surface area contributed by atoms with Gasteiger partial charge < -0.3 is 9.84 Å². The van der Waals surface area contributed by atoms with E-state index in [4.69, 9.17) is 4.52 Å². The SMILES string of the molecule is CC(NC(=O)CCc1nc(-c2cccnc2)no1)c1nc2ccccc2s1. The predicted octanol–water partition coefficient (Wildman–Crippen LogP) is 3.55. The molecule has 0 aliphatic carbocycles. The minimum atomic E-state index is -0.150. The standard InChI is InChI=1S/C19H17N5O2S/c1-12(19-22-14-6-2-3-7-15(14)27-19)21-16(25)8-9-17-23-18(24-26-17)13-5-4-10-20-11-13/h2-7,10-12H,8-9H2,1H3,(H,21,25). The number of thiazole rings is 1. The highest BCUT2D eigenvalue weighted by Crippen LogP contribution is 2.26. The number of nitrogens with one attached hydrogen (secondary N) is 1. The topological polar surface area (TPSA) is 93.8 Å². The summed E-state index contributed by atoms with van der Waals surface area (Å²) in [5.41, 5.74) is 1.73. The molecule has 3 aromatic heterocycles. The molecule has 0 radical (unpaired) electrons. The quantitative estimate of drug-likeness (QED) is 0.551. The molecule has 7 nitrogen and oxygen atoms in total. The van der Waals surface area contributed by atoms with E-state index in [9.17, 15) is 4.79 Å². The molecule has 0 saturated heterocycles. The summed E-state index contributed by atoms with van der Waals surface area (Å²) < 4.78 is 6.33. The van der Waals surface area contributed by atoms with Crippen molar-refractivity contribution in [2.75, 3.05) is 0 Å². The Hall–Kier alpha value is -3.13. The Bertz CT molecular complexity index is 1030. The Balaban J connectivity index is 1.33. The number of hydrogen-bond donors (Lipinski definition) is 1. The molecule has 8 heteroatoms. The van der Waals surface area contributed by atoms with Gasteiger partial charge in [0.05, 0.1) is 16.3 Å². The van der Waals surface area contributed by atoms with Crippen LogP contribution in [0.2, 0.25) is 0 Å². The van der Waals surface area contributed by atoms with Crippen LogP contribution >= 0.6 is 11.3 Å². The van der Waals surface area contributed by atoms with E-state index in [-0.39, 0.29) is 18.4 Å². The fourth-order valence-corrected chi connectivity index (χ4v) is 3.61. The maximum Gasteiger partial charge on any atom is 0.227 e. The molecule has 4 aromatic rings. The highest BCUT2D eigenvalue weighted by molar-refractivity contribution is 7.18. The van der Waals surface area contributed by atoms with E-state index >= 15 is 0 Å². The number of nitrogens with zero attached hydrogens (tertiary/aromatic N) is 4. The van der Waals surface area contributed by atoms with Gasteiger partial charge in [-0.2, -0.15) is 4.98 Å². The number of hydrogen-bond acceptors (Lipinski definition) is 7. The van der Waals surface area contributed by atoms with E-state index < -0.39 is 0 Å². The number of rotatable bonds is 6. The molecule has 1 amide bonds. The van der Waals surface area contributed by atoms with Crippen molar-refractivity contribution < 1.29 is 9.32 Å². The van der Waals surface area contributed by atoms with Gasteiger partial charge in [0.25, 0.3) is 0 Å². The molecule has 0 spiro atoms. The molecule has 1 aromatic carbocycles. The molecule has 3 heterocycles. The first kappa shape index (κ1) is 17.3. The third kappa shape index (κ3) is 4.01. The molecule has 1 unspecified atom stereocenters. The largest absolute Gasteiger partial charge is 0.347 e. The van der Waals surface area contributed by atoms with Gasteiger partial charge in [-0.1, -0.05) is 17.3 Å². The zero-order chi connectivity index (χ0) is 18.6. The van der Waals surface area contributed by atoms with Gasteiger partial charge in [-0.15, -0.1) is 11.3 Å². The molecule has 0 aliphatic rings. The lowest BCUT2D eigenvalue weighted by Crippen LogP contribution is -2.26. The summed E-state index contributed by atoms with van der Waals surface area (Å²) in [7, 11) is 0. The van der Waals surface area contributed by atoms with Crippen molar-refractivity contribution in [3.05, 3.63) is 59.7 Å². The molecule has 1 N–H and O–H groups in total. The van der Waals surface area contributed by atoms with Crippen LogP contribution < -0.4 is 5.32 Å². The monoisotopic (exact) mass is 379 g/mol. The van der Waals surface area contributed by atoms with Crippen LogP contribution in [-0.2, 0) is 11.2 Å². The van der Waals surface area contributed by atoms with Gasteiger partial charge in [-0.05, 0) is 31.2 Å². The van der Waals surface area contributed by atoms with Crippen molar-refractivity contribution in [3.63, 3.8) is 0 Å². The Morgan fingerprint density at radius 1 is 1.22 bits per heavy atom. The Morgan fingerprint density at radius 3 is 2.93 bits per heavy atom. The number of pyridine rings is 1. The van der Waals surface area contributed by atoms with Crippen molar-refractivity contribution in [2.45, 2.75) is 25.8 Å². The summed E-state index contributed by atoms with van der Waals surface area (Å²) in [6.07, 6.45) is 4.00. The molecule has 0 aliphatic heterocycles. The van der Waals surface area contributed by atoms with E-state index in [1.807, 2.05) is 43.3 Å². The maximum absolute atomic E-state index is 12.3. The lowest BCUT2D eigenvalue weighted by Gasteiger charge is -2.10. The first-order chi connectivity index (χ1) is 13.2. The van der Waals surface area contributed by atoms with E-state index in [1.54, 1.807) is 23.7 Å². The minimum absolute atomic E-state index is 0.0807. The fourth-order valence-electron chi connectivity index (χ4n) is 2.64. The van der Waals surface area contributed by atoms with Gasteiger partial charge in [0, 0.05) is 30.8 Å². The van der Waals surface area contributed by atoms with Crippen LogP contribution in [-0.4, -0.2) is 26.0 Å². The molecule has 136 valence electrons. The van der Waals surface area contributed by atoms with Crippen molar-refractivity contribution in [1.82, 2.24) is 25.4 Å². The van der Waals surface area contributed by atoms with Gasteiger partial charge in [0.1, 0.15) is 5.01 Å². The van der Waals surface area contributed by atoms with E-state index in [0.29, 0.717) is 18.1 Å². The second-order valence-corrected chi connectivity index (χ2v) is 7.12. The van der Waals surface area contributed by atoms with Crippen LogP contribution in [0.5, 0.6) is 0 Å². The van der Waals surface area contributed by atoms with Crippen LogP contribution in [0.3, 0.4) is 0 Å². The second-order valence-electron chi connectivity index (χ2n) is 6.06. The van der Waals surface area contributed by atoms with Gasteiger partial charge in [0.15, 0.2) is 0 Å². The number of para-hydroxylation sites is 1. The van der Waals surface area contributed by atoms with Crippen molar-refractivity contribution in [1.29, 1.82) is 0 Å². The van der Waals surface area contributed by atoms with E-state index in [2.05, 4.69) is 25.4 Å². The number of aryl methyl sites for hydroxylation is 1. The summed E-state index contributed by atoms with van der Waals surface area (Å²) >= 11 is 1.59. The summed E-state index contributed by atoms with van der Waals surface area (Å²) in [6, 6.07) is 11.5. The number of carbonyl (C=O) groups is 1. The van der Waals surface area contributed by atoms with Gasteiger partial charge in [0.2, 0.25) is 17.6 Å². The Morgan fingerprint density at radius 2 is 2.11 bits per heavy atom. The zero-order valence-corrected chi connectivity index (χ0v) is 15.4. The van der Waals surface area contributed by atoms with E-state index in [1.165, 1.54) is 0 Å².